The molecule has 2 fully saturated rings. The van der Waals surface area contributed by atoms with E-state index >= 15 is 0 Å². The molecule has 0 saturated carbocycles. The first-order valence-corrected chi connectivity index (χ1v) is 12.2. The molecule has 0 unspecified atom stereocenters. The van der Waals surface area contributed by atoms with Crippen LogP contribution in [0.3, 0.4) is 0 Å². The molecule has 0 atom stereocenters. The van der Waals surface area contributed by atoms with E-state index < -0.39 is 15.9 Å². The summed E-state index contributed by atoms with van der Waals surface area (Å²) in [5.74, 6) is -0.172. The predicted molar refractivity (Wildman–Crippen MR) is 115 cm³/mol. The lowest BCUT2D eigenvalue weighted by molar-refractivity contribution is -0.131. The van der Waals surface area contributed by atoms with E-state index in [-0.39, 0.29) is 48.2 Å². The second kappa shape index (κ2) is 10.9. The standard InChI is InChI=1S/C21H31N3O6S/c1-29-19-7-6-17(31(27,28)24-12-14-30-15-13-24)16-18(19)21(26)22-9-8-20(25)23-10-4-2-3-5-11-23/h6-7,16H,2-5,8-15H2,1H3,(H,22,26). The summed E-state index contributed by atoms with van der Waals surface area (Å²) in [6.45, 7) is 2.94. The summed E-state index contributed by atoms with van der Waals surface area (Å²) in [5, 5.41) is 2.72. The van der Waals surface area contributed by atoms with Gasteiger partial charge in [0, 0.05) is 39.1 Å². The van der Waals surface area contributed by atoms with Crippen LogP contribution in [-0.4, -0.2) is 82.5 Å². The molecule has 2 heterocycles. The maximum Gasteiger partial charge on any atom is 0.255 e. The summed E-state index contributed by atoms with van der Waals surface area (Å²) in [7, 11) is -2.32. The number of morpholine rings is 1. The number of likely N-dealkylation sites (tertiary alicyclic amines) is 1. The van der Waals surface area contributed by atoms with Crippen LogP contribution >= 0.6 is 0 Å². The average Bonchev–Trinajstić information content (AvgIpc) is 3.08. The van der Waals surface area contributed by atoms with Gasteiger partial charge in [-0.2, -0.15) is 4.31 Å². The number of carbonyl (C=O) groups is 2. The predicted octanol–water partition coefficient (Wildman–Crippen LogP) is 1.24. The molecule has 0 radical (unpaired) electrons. The van der Waals surface area contributed by atoms with E-state index in [1.807, 2.05) is 4.90 Å². The molecule has 9 nitrogen and oxygen atoms in total. The Balaban J connectivity index is 1.65. The summed E-state index contributed by atoms with van der Waals surface area (Å²) in [6.07, 6.45) is 4.52. The van der Waals surface area contributed by atoms with Gasteiger partial charge in [-0.15, -0.1) is 0 Å². The van der Waals surface area contributed by atoms with Crippen molar-refractivity contribution in [3.63, 3.8) is 0 Å². The van der Waals surface area contributed by atoms with Crippen LogP contribution < -0.4 is 10.1 Å². The minimum atomic E-state index is -3.74. The number of nitrogens with zero attached hydrogens (tertiary/aromatic N) is 2. The highest BCUT2D eigenvalue weighted by molar-refractivity contribution is 7.89. The Kier molecular flexibility index (Phi) is 8.28. The number of ether oxygens (including phenoxy) is 2. The quantitative estimate of drug-likeness (QED) is 0.666. The fourth-order valence-corrected chi connectivity index (χ4v) is 5.25. The van der Waals surface area contributed by atoms with Gasteiger partial charge < -0.3 is 19.7 Å². The molecular formula is C21H31N3O6S. The molecule has 1 aromatic carbocycles. The van der Waals surface area contributed by atoms with Crippen LogP contribution in [0.5, 0.6) is 5.75 Å². The number of rotatable bonds is 7. The molecule has 0 aromatic heterocycles. The summed E-state index contributed by atoms with van der Waals surface area (Å²) in [5.41, 5.74) is 0.124. The number of methoxy groups -OCH3 is 1. The molecule has 2 saturated heterocycles. The van der Waals surface area contributed by atoms with Crippen molar-refractivity contribution in [3.05, 3.63) is 23.8 Å². The van der Waals surface area contributed by atoms with Crippen LogP contribution in [0.25, 0.3) is 0 Å². The van der Waals surface area contributed by atoms with Crippen molar-refractivity contribution in [2.75, 3.05) is 53.0 Å². The van der Waals surface area contributed by atoms with Gasteiger partial charge in [0.15, 0.2) is 0 Å². The van der Waals surface area contributed by atoms with Gasteiger partial charge in [-0.05, 0) is 31.0 Å². The molecule has 0 bridgehead atoms. The summed E-state index contributed by atoms with van der Waals surface area (Å²) in [6, 6.07) is 4.24. The molecule has 0 spiro atoms. The fourth-order valence-electron chi connectivity index (χ4n) is 3.82. The zero-order valence-corrected chi connectivity index (χ0v) is 18.8. The number of carbonyl (C=O) groups excluding carboxylic acids is 2. The Morgan fingerprint density at radius 3 is 2.39 bits per heavy atom. The topological polar surface area (TPSA) is 105 Å². The molecule has 3 rings (SSSR count). The number of hydrogen-bond acceptors (Lipinski definition) is 6. The molecule has 1 N–H and O–H groups in total. The first kappa shape index (κ1) is 23.5. The van der Waals surface area contributed by atoms with Crippen LogP contribution in [0, 0.1) is 0 Å². The van der Waals surface area contributed by atoms with Gasteiger partial charge >= 0.3 is 0 Å². The van der Waals surface area contributed by atoms with E-state index in [9.17, 15) is 18.0 Å². The van der Waals surface area contributed by atoms with Crippen LogP contribution in [0.1, 0.15) is 42.5 Å². The van der Waals surface area contributed by atoms with Crippen molar-refractivity contribution in [2.24, 2.45) is 0 Å². The number of benzene rings is 1. The lowest BCUT2D eigenvalue weighted by Gasteiger charge is -2.26. The highest BCUT2D eigenvalue weighted by atomic mass is 32.2. The molecule has 0 aliphatic carbocycles. The van der Waals surface area contributed by atoms with Crippen molar-refractivity contribution in [3.8, 4) is 5.75 Å². The Morgan fingerprint density at radius 1 is 1.06 bits per heavy atom. The van der Waals surface area contributed by atoms with E-state index in [0.717, 1.165) is 38.8 Å². The maximum atomic E-state index is 12.9. The second-order valence-electron chi connectivity index (χ2n) is 7.68. The maximum absolute atomic E-state index is 12.9. The van der Waals surface area contributed by atoms with E-state index in [4.69, 9.17) is 9.47 Å². The molecule has 2 amide bonds. The van der Waals surface area contributed by atoms with Gasteiger partial charge in [0.2, 0.25) is 15.9 Å². The first-order valence-electron chi connectivity index (χ1n) is 10.8. The van der Waals surface area contributed by atoms with E-state index in [1.165, 1.54) is 29.6 Å². The minimum Gasteiger partial charge on any atom is -0.496 e. The molecule has 172 valence electrons. The van der Waals surface area contributed by atoms with Gasteiger partial charge in [0.1, 0.15) is 5.75 Å². The van der Waals surface area contributed by atoms with Crippen molar-refractivity contribution < 1.29 is 27.5 Å². The van der Waals surface area contributed by atoms with Gasteiger partial charge in [-0.1, -0.05) is 12.8 Å². The van der Waals surface area contributed by atoms with Gasteiger partial charge in [-0.25, -0.2) is 8.42 Å². The lowest BCUT2D eigenvalue weighted by atomic mass is 10.2. The Bertz CT molecular complexity index is 875. The number of amides is 2. The number of sulfonamides is 1. The van der Waals surface area contributed by atoms with E-state index in [1.54, 1.807) is 0 Å². The third-order valence-electron chi connectivity index (χ3n) is 5.61. The minimum absolute atomic E-state index is 0.0258. The number of nitrogens with one attached hydrogen (secondary N) is 1. The summed E-state index contributed by atoms with van der Waals surface area (Å²) in [4.78, 5) is 27.0. The van der Waals surface area contributed by atoms with Crippen molar-refractivity contribution in [1.29, 1.82) is 0 Å². The fraction of sp³-hybridized carbons (Fsp3) is 0.619. The molecule has 2 aliphatic rings. The van der Waals surface area contributed by atoms with Crippen LogP contribution in [0.2, 0.25) is 0 Å². The van der Waals surface area contributed by atoms with Crippen LogP contribution in [-0.2, 0) is 19.6 Å². The summed E-state index contributed by atoms with van der Waals surface area (Å²) < 4.78 is 37.7. The molecule has 31 heavy (non-hydrogen) atoms. The Morgan fingerprint density at radius 2 is 1.74 bits per heavy atom. The molecule has 10 heteroatoms. The Labute approximate surface area is 183 Å². The molecular weight excluding hydrogens is 422 g/mol. The van der Waals surface area contributed by atoms with Gasteiger partial charge in [-0.3, -0.25) is 9.59 Å². The van der Waals surface area contributed by atoms with Gasteiger partial charge in [0.05, 0.1) is 30.8 Å². The van der Waals surface area contributed by atoms with E-state index in [2.05, 4.69) is 5.32 Å². The highest BCUT2D eigenvalue weighted by Gasteiger charge is 2.28. The highest BCUT2D eigenvalue weighted by Crippen LogP contribution is 2.25. The van der Waals surface area contributed by atoms with Crippen LogP contribution in [0.15, 0.2) is 23.1 Å². The number of hydrogen-bond donors (Lipinski definition) is 1. The average molecular weight is 454 g/mol. The largest absolute Gasteiger partial charge is 0.496 e. The molecule has 2 aliphatic heterocycles. The van der Waals surface area contributed by atoms with Crippen molar-refractivity contribution >= 4 is 21.8 Å². The first-order chi connectivity index (χ1) is 14.9. The second-order valence-corrected chi connectivity index (χ2v) is 9.62. The van der Waals surface area contributed by atoms with E-state index in [0.29, 0.717) is 13.2 Å². The van der Waals surface area contributed by atoms with Gasteiger partial charge in [0.25, 0.3) is 5.91 Å². The smallest absolute Gasteiger partial charge is 0.255 e. The summed E-state index contributed by atoms with van der Waals surface area (Å²) >= 11 is 0. The normalized spacial score (nSPS) is 18.3. The molecule has 1 aromatic rings. The van der Waals surface area contributed by atoms with Crippen LogP contribution in [0.4, 0.5) is 0 Å². The van der Waals surface area contributed by atoms with Crippen molar-refractivity contribution in [1.82, 2.24) is 14.5 Å². The third kappa shape index (κ3) is 5.96. The monoisotopic (exact) mass is 453 g/mol. The zero-order valence-electron chi connectivity index (χ0n) is 18.0. The third-order valence-corrected chi connectivity index (χ3v) is 7.50. The lowest BCUT2D eigenvalue weighted by Crippen LogP contribution is -2.40. The SMILES string of the molecule is COc1ccc(S(=O)(=O)N2CCOCC2)cc1C(=O)NCCC(=O)N1CCCCCC1. The zero-order chi connectivity index (χ0) is 22.3. The Hall–Kier alpha value is -2.17. The van der Waals surface area contributed by atoms with Crippen molar-refractivity contribution in [2.45, 2.75) is 37.0 Å².